The minimum absolute atomic E-state index is 0.883. The monoisotopic (exact) mass is 651 g/mol. The number of hydrogen-bond acceptors (Lipinski definition) is 2. The highest BCUT2D eigenvalue weighted by atomic mass is 16.3. The van der Waals surface area contributed by atoms with E-state index >= 15 is 0 Å². The lowest BCUT2D eigenvalue weighted by molar-refractivity contribution is 0.669. The van der Waals surface area contributed by atoms with Crippen LogP contribution in [-0.2, 0) is 6.42 Å². The minimum atomic E-state index is 0.883. The zero-order valence-electron chi connectivity index (χ0n) is 28.0. The van der Waals surface area contributed by atoms with Crippen molar-refractivity contribution in [1.29, 1.82) is 0 Å². The average Bonchev–Trinajstić information content (AvgIpc) is 3.78. The molecule has 0 saturated heterocycles. The number of furan rings is 1. The van der Waals surface area contributed by atoms with E-state index in [2.05, 4.69) is 193 Å². The molecule has 51 heavy (non-hydrogen) atoms. The molecule has 0 amide bonds. The predicted molar refractivity (Wildman–Crippen MR) is 213 cm³/mol. The van der Waals surface area contributed by atoms with Crippen LogP contribution >= 0.6 is 0 Å². The predicted octanol–water partition coefficient (Wildman–Crippen LogP) is 13.6. The summed E-state index contributed by atoms with van der Waals surface area (Å²) in [5.41, 5.74) is 17.7. The van der Waals surface area contributed by atoms with Crippen molar-refractivity contribution in [2.24, 2.45) is 0 Å². The van der Waals surface area contributed by atoms with Crippen LogP contribution in [-0.4, -0.2) is 0 Å². The maximum absolute atomic E-state index is 6.49. The summed E-state index contributed by atoms with van der Waals surface area (Å²) in [5.74, 6) is 0. The van der Waals surface area contributed by atoms with Gasteiger partial charge < -0.3 is 9.32 Å². The first-order chi connectivity index (χ1) is 25.3. The number of nitrogens with zero attached hydrogens (tertiary/aromatic N) is 1. The Morgan fingerprint density at radius 3 is 1.75 bits per heavy atom. The maximum Gasteiger partial charge on any atom is 0.136 e. The Hall–Kier alpha value is -6.64. The van der Waals surface area contributed by atoms with Crippen LogP contribution < -0.4 is 4.90 Å². The van der Waals surface area contributed by atoms with E-state index in [4.69, 9.17) is 4.42 Å². The highest BCUT2D eigenvalue weighted by Crippen LogP contribution is 2.51. The number of fused-ring (bicyclic) bond motifs is 6. The van der Waals surface area contributed by atoms with E-state index in [0.29, 0.717) is 0 Å². The number of benzene rings is 8. The molecule has 1 aromatic heterocycles. The van der Waals surface area contributed by atoms with Crippen LogP contribution in [0.5, 0.6) is 0 Å². The molecule has 0 fully saturated rings. The Balaban J connectivity index is 1.18. The molecule has 1 aliphatic carbocycles. The summed E-state index contributed by atoms with van der Waals surface area (Å²) in [7, 11) is 0. The van der Waals surface area contributed by atoms with Crippen molar-refractivity contribution >= 4 is 39.0 Å². The number of rotatable bonds is 6. The molecule has 1 aliphatic rings. The highest BCUT2D eigenvalue weighted by molar-refractivity contribution is 6.08. The van der Waals surface area contributed by atoms with Gasteiger partial charge in [0.2, 0.25) is 0 Å². The summed E-state index contributed by atoms with van der Waals surface area (Å²) >= 11 is 0. The zero-order valence-corrected chi connectivity index (χ0v) is 28.0. The van der Waals surface area contributed by atoms with Gasteiger partial charge >= 0.3 is 0 Å². The molecule has 2 nitrogen and oxygen atoms in total. The Kier molecular flexibility index (Phi) is 6.92. The summed E-state index contributed by atoms with van der Waals surface area (Å²) in [6.45, 7) is 0. The third-order valence-electron chi connectivity index (χ3n) is 10.3. The molecule has 0 radical (unpaired) electrons. The van der Waals surface area contributed by atoms with Crippen LogP contribution in [0.4, 0.5) is 17.1 Å². The minimum Gasteiger partial charge on any atom is -0.456 e. The van der Waals surface area contributed by atoms with Crippen molar-refractivity contribution in [1.82, 2.24) is 0 Å². The third-order valence-corrected chi connectivity index (χ3v) is 10.3. The quantitative estimate of drug-likeness (QED) is 0.178. The van der Waals surface area contributed by atoms with E-state index in [9.17, 15) is 0 Å². The van der Waals surface area contributed by atoms with Gasteiger partial charge in [-0.2, -0.15) is 0 Å². The van der Waals surface area contributed by atoms with Crippen molar-refractivity contribution in [2.45, 2.75) is 6.42 Å². The molecular formula is C49H33NO. The fraction of sp³-hybridized carbons (Fsp3) is 0.0204. The van der Waals surface area contributed by atoms with Gasteiger partial charge in [0.15, 0.2) is 0 Å². The lowest BCUT2D eigenvalue weighted by Crippen LogP contribution is -2.11. The van der Waals surface area contributed by atoms with Gasteiger partial charge in [0.25, 0.3) is 0 Å². The van der Waals surface area contributed by atoms with E-state index in [1.165, 1.54) is 55.8 Å². The van der Waals surface area contributed by atoms with Crippen LogP contribution in [0, 0.1) is 0 Å². The van der Waals surface area contributed by atoms with Crippen LogP contribution in [0.15, 0.2) is 192 Å². The molecule has 1 heterocycles. The average molecular weight is 652 g/mol. The molecule has 0 spiro atoms. The number of hydrogen-bond donors (Lipinski definition) is 0. The smallest absolute Gasteiger partial charge is 0.136 e. The van der Waals surface area contributed by atoms with Crippen LogP contribution in [0.1, 0.15) is 11.1 Å². The summed E-state index contributed by atoms with van der Waals surface area (Å²) in [6.07, 6.45) is 0.902. The highest BCUT2D eigenvalue weighted by Gasteiger charge is 2.28. The second-order valence-electron chi connectivity index (χ2n) is 13.3. The molecule has 0 N–H and O–H groups in total. The molecule has 9 aromatic rings. The summed E-state index contributed by atoms with van der Waals surface area (Å²) < 4.78 is 6.49. The van der Waals surface area contributed by atoms with E-state index in [-0.39, 0.29) is 0 Å². The summed E-state index contributed by atoms with van der Waals surface area (Å²) in [6, 6.07) is 67.6. The normalized spacial score (nSPS) is 11.8. The molecular weight excluding hydrogens is 619 g/mol. The molecule has 0 aliphatic heterocycles. The summed E-state index contributed by atoms with van der Waals surface area (Å²) in [4.78, 5) is 2.43. The van der Waals surface area contributed by atoms with Gasteiger partial charge in [-0.25, -0.2) is 0 Å². The molecule has 10 rings (SSSR count). The van der Waals surface area contributed by atoms with Crippen molar-refractivity contribution < 1.29 is 4.42 Å². The Labute approximate surface area is 297 Å². The van der Waals surface area contributed by atoms with Crippen molar-refractivity contribution in [3.63, 3.8) is 0 Å². The Bertz CT molecular complexity index is 2690. The fourth-order valence-electron chi connectivity index (χ4n) is 7.88. The van der Waals surface area contributed by atoms with Gasteiger partial charge in [0.1, 0.15) is 11.2 Å². The molecule has 8 aromatic carbocycles. The molecule has 0 unspecified atom stereocenters. The molecule has 0 saturated carbocycles. The van der Waals surface area contributed by atoms with Gasteiger partial charge in [-0.3, -0.25) is 0 Å². The largest absolute Gasteiger partial charge is 0.456 e. The van der Waals surface area contributed by atoms with Gasteiger partial charge in [-0.15, -0.1) is 0 Å². The van der Waals surface area contributed by atoms with Gasteiger partial charge in [0.05, 0.1) is 5.69 Å². The molecule has 240 valence electrons. The Morgan fingerprint density at radius 2 is 1.00 bits per heavy atom. The van der Waals surface area contributed by atoms with Gasteiger partial charge in [0, 0.05) is 27.7 Å². The molecule has 0 bridgehead atoms. The SMILES string of the molecule is c1ccc(-c2ccc(N(c3ccc4oc5cc(-c6ccccc6)ccc5c4c3)c3ccc(-c4ccccc4)c4c3-c3ccccc3C4)cc2)cc1. The number of anilines is 3. The first-order valence-corrected chi connectivity index (χ1v) is 17.6. The van der Waals surface area contributed by atoms with Crippen LogP contribution in [0.25, 0.3) is 66.4 Å². The van der Waals surface area contributed by atoms with E-state index < -0.39 is 0 Å². The maximum atomic E-state index is 6.49. The van der Waals surface area contributed by atoms with Crippen LogP contribution in [0.3, 0.4) is 0 Å². The fourth-order valence-corrected chi connectivity index (χ4v) is 7.88. The van der Waals surface area contributed by atoms with Crippen molar-refractivity contribution in [3.05, 3.63) is 199 Å². The third kappa shape index (κ3) is 5.04. The topological polar surface area (TPSA) is 16.4 Å². The first kappa shape index (κ1) is 29.3. The van der Waals surface area contributed by atoms with E-state index in [1.54, 1.807) is 0 Å². The lowest BCUT2D eigenvalue weighted by Gasteiger charge is -2.29. The van der Waals surface area contributed by atoms with Crippen molar-refractivity contribution in [3.8, 4) is 44.5 Å². The van der Waals surface area contributed by atoms with E-state index in [1.807, 2.05) is 0 Å². The lowest BCUT2D eigenvalue weighted by atomic mass is 9.93. The van der Waals surface area contributed by atoms with Crippen molar-refractivity contribution in [2.75, 3.05) is 4.90 Å². The first-order valence-electron chi connectivity index (χ1n) is 17.6. The second-order valence-corrected chi connectivity index (χ2v) is 13.3. The summed E-state index contributed by atoms with van der Waals surface area (Å²) in [5, 5.41) is 2.21. The zero-order chi connectivity index (χ0) is 33.7. The molecule has 0 atom stereocenters. The second kappa shape index (κ2) is 12.0. The van der Waals surface area contributed by atoms with E-state index in [0.717, 1.165) is 45.3 Å². The van der Waals surface area contributed by atoms with Crippen LogP contribution in [0.2, 0.25) is 0 Å². The van der Waals surface area contributed by atoms with Gasteiger partial charge in [-0.1, -0.05) is 140 Å². The van der Waals surface area contributed by atoms with Gasteiger partial charge in [-0.05, 0) is 105 Å². The molecule has 2 heteroatoms. The Morgan fingerprint density at radius 1 is 0.392 bits per heavy atom. The standard InChI is InChI=1S/C49H33NO/c1-4-12-33(13-5-1)35-20-23-39(24-21-35)50(40-25-29-47-44(32-40)43-26-22-37(31-48(43)51-47)34-14-6-2-7-15-34)46-28-27-41(36-16-8-3-9-17-36)45-30-38-18-10-11-19-42(38)49(45)46/h1-29,31-32H,30H2.